The smallest absolute Gasteiger partial charge is 0.232 e. The number of amides is 1. The molecule has 0 fully saturated rings. The molecular formula is C16H20N4O. The van der Waals surface area contributed by atoms with Crippen LogP contribution in [0.5, 0.6) is 0 Å². The topological polar surface area (TPSA) is 93.9 Å². The Hall–Kier alpha value is -2.53. The Morgan fingerprint density at radius 2 is 1.62 bits per heavy atom. The zero-order chi connectivity index (χ0) is 15.9. The first-order valence-electron chi connectivity index (χ1n) is 6.82. The zero-order valence-electron chi connectivity index (χ0n) is 12.5. The number of carbonyl (C=O) groups excluding carboxylic acids is 1. The Labute approximate surface area is 125 Å². The zero-order valence-corrected chi connectivity index (χ0v) is 12.5. The van der Waals surface area contributed by atoms with Crippen LogP contribution in [0.25, 0.3) is 0 Å². The first-order chi connectivity index (χ1) is 9.93. The maximum absolute atomic E-state index is 12.7. The molecule has 0 bridgehead atoms. The molecule has 0 saturated heterocycles. The second-order valence-electron chi connectivity index (χ2n) is 5.36. The van der Waals surface area contributed by atoms with E-state index < -0.39 is 5.41 Å². The summed E-state index contributed by atoms with van der Waals surface area (Å²) in [6, 6.07) is 11.3. The van der Waals surface area contributed by atoms with E-state index in [-0.39, 0.29) is 18.7 Å². The lowest BCUT2D eigenvalue weighted by Gasteiger charge is -2.31. The number of hydrogen-bond donors (Lipinski definition) is 1. The molecule has 0 saturated carbocycles. The Bertz CT molecular complexity index is 545. The lowest BCUT2D eigenvalue weighted by Crippen LogP contribution is -2.44. The summed E-state index contributed by atoms with van der Waals surface area (Å²) >= 11 is 0. The third-order valence-corrected chi connectivity index (χ3v) is 3.44. The van der Waals surface area contributed by atoms with Gasteiger partial charge in [0.25, 0.3) is 0 Å². The van der Waals surface area contributed by atoms with Crippen LogP contribution in [0.4, 0.5) is 5.69 Å². The van der Waals surface area contributed by atoms with Crippen molar-refractivity contribution >= 4 is 11.6 Å². The third-order valence-electron chi connectivity index (χ3n) is 3.44. The second kappa shape index (κ2) is 7.31. The molecule has 0 aromatic heterocycles. The minimum Gasteiger partial charge on any atom is -0.399 e. The van der Waals surface area contributed by atoms with Crippen LogP contribution in [0.1, 0.15) is 32.3 Å². The Balaban J connectivity index is 2.96. The molecule has 2 N–H and O–H groups in total. The third kappa shape index (κ3) is 4.22. The van der Waals surface area contributed by atoms with E-state index in [0.29, 0.717) is 18.8 Å². The predicted octanol–water partition coefficient (Wildman–Crippen LogP) is 2.20. The van der Waals surface area contributed by atoms with Crippen LogP contribution in [0.15, 0.2) is 24.3 Å². The van der Waals surface area contributed by atoms with Gasteiger partial charge in [0.15, 0.2) is 0 Å². The molecule has 0 aliphatic heterocycles. The summed E-state index contributed by atoms with van der Waals surface area (Å²) in [4.78, 5) is 14.3. The Morgan fingerprint density at radius 3 is 2.05 bits per heavy atom. The lowest BCUT2D eigenvalue weighted by molar-refractivity contribution is -0.136. The van der Waals surface area contributed by atoms with E-state index in [9.17, 15) is 4.79 Å². The Kier molecular flexibility index (Phi) is 5.75. The second-order valence-corrected chi connectivity index (χ2v) is 5.36. The number of hydrogen-bond acceptors (Lipinski definition) is 4. The highest BCUT2D eigenvalue weighted by atomic mass is 16.2. The molecule has 0 unspecified atom stereocenters. The van der Waals surface area contributed by atoms with Crippen molar-refractivity contribution in [1.82, 2.24) is 4.90 Å². The molecule has 1 amide bonds. The van der Waals surface area contributed by atoms with E-state index in [4.69, 9.17) is 16.3 Å². The SMILES string of the molecule is CC(C)(C(=O)N(CCC#N)CCC#N)c1ccc(N)cc1. The van der Waals surface area contributed by atoms with Crippen molar-refractivity contribution in [3.8, 4) is 12.1 Å². The van der Waals surface area contributed by atoms with Crippen LogP contribution in [-0.2, 0) is 10.2 Å². The van der Waals surface area contributed by atoms with E-state index in [1.165, 1.54) is 0 Å². The number of nitrogens with zero attached hydrogens (tertiary/aromatic N) is 3. The number of rotatable bonds is 6. The first-order valence-corrected chi connectivity index (χ1v) is 6.82. The highest BCUT2D eigenvalue weighted by molar-refractivity contribution is 5.87. The summed E-state index contributed by atoms with van der Waals surface area (Å²) in [5.41, 5.74) is 6.45. The standard InChI is InChI=1S/C16H20N4O/c1-16(2,13-5-7-14(19)8-6-13)15(21)20(11-3-9-17)12-4-10-18/h5-8H,3-4,11-12,19H2,1-2H3. The highest BCUT2D eigenvalue weighted by Crippen LogP contribution is 2.26. The number of anilines is 1. The van der Waals surface area contributed by atoms with Gasteiger partial charge < -0.3 is 10.6 Å². The van der Waals surface area contributed by atoms with Gasteiger partial charge in [-0.05, 0) is 31.5 Å². The van der Waals surface area contributed by atoms with Gasteiger partial charge in [0.05, 0.1) is 30.4 Å². The van der Waals surface area contributed by atoms with Gasteiger partial charge in [0.1, 0.15) is 0 Å². The number of benzene rings is 1. The van der Waals surface area contributed by atoms with Gasteiger partial charge >= 0.3 is 0 Å². The summed E-state index contributed by atoms with van der Waals surface area (Å²) in [6.45, 7) is 4.37. The largest absolute Gasteiger partial charge is 0.399 e. The van der Waals surface area contributed by atoms with E-state index in [2.05, 4.69) is 0 Å². The van der Waals surface area contributed by atoms with Crippen LogP contribution >= 0.6 is 0 Å². The van der Waals surface area contributed by atoms with Gasteiger partial charge in [0, 0.05) is 18.8 Å². The molecule has 0 aliphatic rings. The van der Waals surface area contributed by atoms with Gasteiger partial charge in [-0.25, -0.2) is 0 Å². The first kappa shape index (κ1) is 16.5. The molecule has 110 valence electrons. The molecule has 0 heterocycles. The molecule has 21 heavy (non-hydrogen) atoms. The van der Waals surface area contributed by atoms with Crippen molar-refractivity contribution in [2.75, 3.05) is 18.8 Å². The van der Waals surface area contributed by atoms with Crippen LogP contribution in [0.3, 0.4) is 0 Å². The average Bonchev–Trinajstić information content (AvgIpc) is 2.47. The number of nitrogens with two attached hydrogens (primary N) is 1. The summed E-state index contributed by atoms with van der Waals surface area (Å²) in [5.74, 6) is -0.0854. The minimum atomic E-state index is -0.724. The monoisotopic (exact) mass is 284 g/mol. The molecule has 5 heteroatoms. The van der Waals surface area contributed by atoms with Gasteiger partial charge in [-0.15, -0.1) is 0 Å². The highest BCUT2D eigenvalue weighted by Gasteiger charge is 2.33. The molecule has 0 spiro atoms. The molecule has 1 rings (SSSR count). The van der Waals surface area contributed by atoms with Crippen molar-refractivity contribution in [2.45, 2.75) is 32.1 Å². The lowest BCUT2D eigenvalue weighted by atomic mass is 9.83. The van der Waals surface area contributed by atoms with E-state index in [0.717, 1.165) is 5.56 Å². The maximum atomic E-state index is 12.7. The molecule has 0 aliphatic carbocycles. The van der Waals surface area contributed by atoms with Crippen molar-refractivity contribution in [2.24, 2.45) is 0 Å². The minimum absolute atomic E-state index is 0.0854. The van der Waals surface area contributed by atoms with Gasteiger partial charge in [-0.3, -0.25) is 4.79 Å². The van der Waals surface area contributed by atoms with E-state index in [1.807, 2.05) is 38.1 Å². The van der Waals surface area contributed by atoms with Crippen LogP contribution in [0.2, 0.25) is 0 Å². The van der Waals surface area contributed by atoms with Gasteiger partial charge in [-0.2, -0.15) is 10.5 Å². The van der Waals surface area contributed by atoms with E-state index >= 15 is 0 Å². The van der Waals surface area contributed by atoms with Crippen molar-refractivity contribution < 1.29 is 4.79 Å². The summed E-state index contributed by atoms with van der Waals surface area (Å²) in [5, 5.41) is 17.4. The molecular weight excluding hydrogens is 264 g/mol. The number of nitriles is 2. The summed E-state index contributed by atoms with van der Waals surface area (Å²) < 4.78 is 0. The van der Waals surface area contributed by atoms with Gasteiger partial charge in [0.2, 0.25) is 5.91 Å². The van der Waals surface area contributed by atoms with Gasteiger partial charge in [-0.1, -0.05) is 12.1 Å². The molecule has 1 aromatic rings. The van der Waals surface area contributed by atoms with Crippen LogP contribution in [-0.4, -0.2) is 23.9 Å². The summed E-state index contributed by atoms with van der Waals surface area (Å²) in [6.07, 6.45) is 0.518. The van der Waals surface area contributed by atoms with Crippen molar-refractivity contribution in [1.29, 1.82) is 10.5 Å². The number of nitrogen functional groups attached to an aromatic ring is 1. The molecule has 5 nitrogen and oxygen atoms in total. The quantitative estimate of drug-likeness (QED) is 0.810. The van der Waals surface area contributed by atoms with Crippen molar-refractivity contribution in [3.63, 3.8) is 0 Å². The fourth-order valence-corrected chi connectivity index (χ4v) is 2.10. The van der Waals surface area contributed by atoms with E-state index in [1.54, 1.807) is 17.0 Å². The van der Waals surface area contributed by atoms with Crippen molar-refractivity contribution in [3.05, 3.63) is 29.8 Å². The molecule has 0 atom stereocenters. The fraction of sp³-hybridized carbons (Fsp3) is 0.438. The van der Waals surface area contributed by atoms with Crippen LogP contribution in [0, 0.1) is 22.7 Å². The fourth-order valence-electron chi connectivity index (χ4n) is 2.10. The molecule has 1 aromatic carbocycles. The predicted molar refractivity (Wildman–Crippen MR) is 80.9 cm³/mol. The maximum Gasteiger partial charge on any atom is 0.232 e. The van der Waals surface area contributed by atoms with Crippen LogP contribution < -0.4 is 5.73 Å². The normalized spacial score (nSPS) is 10.5. The molecule has 0 radical (unpaired) electrons. The Morgan fingerprint density at radius 1 is 1.14 bits per heavy atom. The number of carbonyl (C=O) groups is 1. The average molecular weight is 284 g/mol. The summed E-state index contributed by atoms with van der Waals surface area (Å²) in [7, 11) is 0.